The van der Waals surface area contributed by atoms with E-state index in [9.17, 15) is 0 Å². The van der Waals surface area contributed by atoms with Crippen LogP contribution in [0.3, 0.4) is 0 Å². The second-order valence-corrected chi connectivity index (χ2v) is 6.52. The van der Waals surface area contributed by atoms with Gasteiger partial charge in [-0.05, 0) is 52.8 Å². The zero-order valence-corrected chi connectivity index (χ0v) is 18.4. The molecular formula is C21H31N9. The Hall–Kier alpha value is -3.49. The van der Waals surface area contributed by atoms with Crippen molar-refractivity contribution in [1.29, 1.82) is 0 Å². The molecule has 9 heteroatoms. The fraction of sp³-hybridized carbons (Fsp3) is 0.381. The van der Waals surface area contributed by atoms with E-state index < -0.39 is 0 Å². The molecule has 0 bridgehead atoms. The minimum absolute atomic E-state index is 0.784. The summed E-state index contributed by atoms with van der Waals surface area (Å²) >= 11 is 0. The summed E-state index contributed by atoms with van der Waals surface area (Å²) in [7, 11) is 0. The van der Waals surface area contributed by atoms with Gasteiger partial charge in [0.15, 0.2) is 0 Å². The molecule has 5 heterocycles. The minimum Gasteiger partial charge on any atom is -0.289 e. The van der Waals surface area contributed by atoms with Crippen molar-refractivity contribution in [3.05, 3.63) is 53.4 Å². The molecule has 0 aliphatic carbocycles. The highest BCUT2D eigenvalue weighted by Gasteiger charge is 1.88. The number of H-pyrrole nitrogens is 2. The van der Waals surface area contributed by atoms with Crippen LogP contribution in [0.15, 0.2) is 61.9 Å². The molecule has 0 saturated heterocycles. The molecule has 2 aromatic rings. The summed E-state index contributed by atoms with van der Waals surface area (Å²) in [6.07, 6.45) is 12.8. The van der Waals surface area contributed by atoms with Gasteiger partial charge in [-0.1, -0.05) is 11.1 Å². The number of aryl methyl sites for hydroxylation is 2. The Bertz CT molecular complexity index is 805. The van der Waals surface area contributed by atoms with Gasteiger partial charge in [-0.3, -0.25) is 25.2 Å². The third-order valence-electron chi connectivity index (χ3n) is 3.47. The molecule has 0 atom stereocenters. The summed E-state index contributed by atoms with van der Waals surface area (Å²) in [5, 5.41) is 12.7. The van der Waals surface area contributed by atoms with E-state index in [1.54, 1.807) is 12.4 Å². The lowest BCUT2D eigenvalue weighted by atomic mass is 10.3. The average molecular weight is 410 g/mol. The number of rotatable bonds is 0. The van der Waals surface area contributed by atoms with Gasteiger partial charge in [-0.15, -0.1) is 0 Å². The third kappa shape index (κ3) is 13.6. The Kier molecular flexibility index (Phi) is 12.6. The fourth-order valence-corrected chi connectivity index (χ4v) is 1.84. The number of nitrogens with zero attached hydrogens (tertiary/aromatic N) is 7. The molecule has 0 radical (unpaired) electrons. The van der Waals surface area contributed by atoms with E-state index in [4.69, 9.17) is 0 Å². The summed E-state index contributed by atoms with van der Waals surface area (Å²) in [5.41, 5.74) is 3.82. The van der Waals surface area contributed by atoms with Crippen molar-refractivity contribution in [3.8, 4) is 0 Å². The van der Waals surface area contributed by atoms with E-state index in [1.807, 2.05) is 51.4 Å². The fourth-order valence-electron chi connectivity index (χ4n) is 1.84. The van der Waals surface area contributed by atoms with Crippen LogP contribution in [0.2, 0.25) is 0 Å². The summed E-state index contributed by atoms with van der Waals surface area (Å²) in [6, 6.07) is 1.92. The van der Waals surface area contributed by atoms with Crippen LogP contribution in [0.5, 0.6) is 0 Å². The third-order valence-corrected chi connectivity index (χ3v) is 3.47. The molecule has 3 aliphatic rings. The standard InChI is InChI=1S/2C5H7N.2C4H6N2.C3H5N3/c2*1-5-2-3-6-4-5;1-4-5-2-3-6-4;1-4-2-3-5-6-4;1-3-4-2-5-6-3/h2*2-3H,4H2,1H3;2H,3H2,1H3;2-3H,1H3,(H,5,6);2H,1H3,(H,4,5,6). The molecule has 0 amide bonds. The first kappa shape index (κ1) is 24.5. The summed E-state index contributed by atoms with van der Waals surface area (Å²) in [4.78, 5) is 19.4. The van der Waals surface area contributed by atoms with E-state index in [2.05, 4.69) is 59.2 Å². The Morgan fingerprint density at radius 1 is 0.833 bits per heavy atom. The predicted molar refractivity (Wildman–Crippen MR) is 125 cm³/mol. The summed E-state index contributed by atoms with van der Waals surface area (Å²) in [5.74, 6) is 1.75. The monoisotopic (exact) mass is 409 g/mol. The van der Waals surface area contributed by atoms with E-state index in [1.165, 1.54) is 17.5 Å². The quantitative estimate of drug-likeness (QED) is 0.694. The first-order valence-corrected chi connectivity index (χ1v) is 9.60. The lowest BCUT2D eigenvalue weighted by molar-refractivity contribution is 1.04. The van der Waals surface area contributed by atoms with Gasteiger partial charge < -0.3 is 0 Å². The first-order chi connectivity index (χ1) is 14.5. The molecule has 160 valence electrons. The predicted octanol–water partition coefficient (Wildman–Crippen LogP) is 3.35. The van der Waals surface area contributed by atoms with Gasteiger partial charge in [0, 0.05) is 30.5 Å². The van der Waals surface area contributed by atoms with E-state index in [0.717, 1.165) is 37.0 Å². The highest BCUT2D eigenvalue weighted by atomic mass is 15.2. The van der Waals surface area contributed by atoms with Crippen molar-refractivity contribution >= 4 is 24.5 Å². The SMILES string of the molecule is CC1=CC=NC1.CC1=CC=NC1.CC1=NCC=N1.Cc1ccn[nH]1.Cc1ncn[nH]1. The van der Waals surface area contributed by atoms with Gasteiger partial charge in [0.05, 0.1) is 19.6 Å². The molecule has 5 rings (SSSR count). The molecule has 9 nitrogen and oxygen atoms in total. The number of amidine groups is 1. The highest BCUT2D eigenvalue weighted by molar-refractivity contribution is 5.92. The maximum atomic E-state index is 3.95. The number of hydrogen-bond acceptors (Lipinski definition) is 7. The Balaban J connectivity index is 0.000000187. The van der Waals surface area contributed by atoms with Gasteiger partial charge in [0.25, 0.3) is 0 Å². The number of allylic oxidation sites excluding steroid dienone is 2. The minimum atomic E-state index is 0.784. The second-order valence-electron chi connectivity index (χ2n) is 6.52. The molecule has 0 aromatic carbocycles. The zero-order valence-electron chi connectivity index (χ0n) is 18.4. The van der Waals surface area contributed by atoms with Crippen molar-refractivity contribution in [2.45, 2.75) is 34.6 Å². The Morgan fingerprint density at radius 3 is 1.63 bits per heavy atom. The number of nitrogens with one attached hydrogen (secondary N) is 2. The van der Waals surface area contributed by atoms with Gasteiger partial charge in [0.2, 0.25) is 0 Å². The van der Waals surface area contributed by atoms with Crippen LogP contribution in [-0.4, -0.2) is 69.5 Å². The van der Waals surface area contributed by atoms with Crippen LogP contribution < -0.4 is 0 Å². The molecule has 0 unspecified atom stereocenters. The van der Waals surface area contributed by atoms with Crippen LogP contribution in [0.1, 0.15) is 32.3 Å². The van der Waals surface area contributed by atoms with E-state index in [0.29, 0.717) is 0 Å². The molecular weight excluding hydrogens is 378 g/mol. The number of hydrogen-bond donors (Lipinski definition) is 2. The van der Waals surface area contributed by atoms with Crippen LogP contribution >= 0.6 is 0 Å². The topological polar surface area (TPSA) is 120 Å². The smallest absolute Gasteiger partial charge is 0.137 e. The summed E-state index contributed by atoms with van der Waals surface area (Å²) < 4.78 is 0. The molecule has 0 saturated carbocycles. The number of aliphatic imine (C=N–C) groups is 4. The van der Waals surface area contributed by atoms with Crippen molar-refractivity contribution in [1.82, 2.24) is 25.4 Å². The van der Waals surface area contributed by atoms with Crippen LogP contribution in [-0.2, 0) is 0 Å². The Morgan fingerprint density at radius 2 is 1.50 bits per heavy atom. The normalized spacial score (nSPS) is 14.6. The van der Waals surface area contributed by atoms with Crippen LogP contribution in [0.25, 0.3) is 0 Å². The molecule has 0 spiro atoms. The van der Waals surface area contributed by atoms with E-state index in [-0.39, 0.29) is 0 Å². The van der Waals surface area contributed by atoms with Crippen molar-refractivity contribution in [2.75, 3.05) is 19.6 Å². The van der Waals surface area contributed by atoms with Crippen molar-refractivity contribution in [3.63, 3.8) is 0 Å². The van der Waals surface area contributed by atoms with E-state index >= 15 is 0 Å². The molecule has 2 aromatic heterocycles. The molecule has 2 N–H and O–H groups in total. The van der Waals surface area contributed by atoms with Gasteiger partial charge in [-0.2, -0.15) is 10.2 Å². The van der Waals surface area contributed by atoms with Crippen LogP contribution in [0.4, 0.5) is 0 Å². The number of aromatic nitrogens is 5. The average Bonchev–Trinajstić information content (AvgIpc) is 3.50. The van der Waals surface area contributed by atoms with Gasteiger partial charge >= 0.3 is 0 Å². The Labute approximate surface area is 178 Å². The maximum Gasteiger partial charge on any atom is 0.137 e. The number of aromatic amines is 2. The second kappa shape index (κ2) is 15.4. The summed E-state index contributed by atoms with van der Waals surface area (Å²) in [6.45, 7) is 12.5. The zero-order chi connectivity index (χ0) is 22.0. The van der Waals surface area contributed by atoms with Gasteiger partial charge in [-0.25, -0.2) is 9.98 Å². The molecule has 0 fully saturated rings. The largest absolute Gasteiger partial charge is 0.289 e. The molecule has 3 aliphatic heterocycles. The molecule has 30 heavy (non-hydrogen) atoms. The maximum absolute atomic E-state index is 3.95. The van der Waals surface area contributed by atoms with Crippen LogP contribution in [0, 0.1) is 13.8 Å². The lowest BCUT2D eigenvalue weighted by Gasteiger charge is -1.77. The van der Waals surface area contributed by atoms with Crippen molar-refractivity contribution in [2.24, 2.45) is 20.0 Å². The first-order valence-electron chi connectivity index (χ1n) is 9.60. The van der Waals surface area contributed by atoms with Crippen molar-refractivity contribution < 1.29 is 0 Å². The lowest BCUT2D eigenvalue weighted by Crippen LogP contribution is -1.73. The van der Waals surface area contributed by atoms with Gasteiger partial charge in [0.1, 0.15) is 18.0 Å². The highest BCUT2D eigenvalue weighted by Crippen LogP contribution is 1.96.